The molecule has 0 unspecified atom stereocenters. The normalized spacial score (nSPS) is 10.8. The molecule has 36 heavy (non-hydrogen) atoms. The number of carbonyl (C=O) groups is 1. The second-order valence-electron chi connectivity index (χ2n) is 6.86. The third kappa shape index (κ3) is 6.47. The highest BCUT2D eigenvalue weighted by molar-refractivity contribution is 9.10. The van der Waals surface area contributed by atoms with E-state index in [2.05, 4.69) is 26.5 Å². The molecule has 186 valence electrons. The molecule has 0 fully saturated rings. The van der Waals surface area contributed by atoms with E-state index in [4.69, 9.17) is 32.7 Å². The average molecular weight is 598 g/mol. The zero-order valence-electron chi connectivity index (χ0n) is 18.2. The summed E-state index contributed by atoms with van der Waals surface area (Å²) < 4.78 is 11.7. The standard InChI is InChI=1S/C22H15BrCl2N4O7/c1-2-35-20-8-12(11-26-27-22(30)13-3-5-16(24)17(25)9-13)7-15(23)21(20)36-19-6-4-14(28(31)32)10-18(19)29(33)34/h3-11H,2H2,1H3,(H,27,30)/b26-11-. The summed E-state index contributed by atoms with van der Waals surface area (Å²) in [6, 6.07) is 10.5. The second-order valence-corrected chi connectivity index (χ2v) is 8.53. The Hall–Kier alpha value is -3.74. The molecule has 1 N–H and O–H groups in total. The smallest absolute Gasteiger partial charge is 0.318 e. The molecule has 0 aliphatic carbocycles. The Bertz CT molecular complexity index is 1380. The van der Waals surface area contributed by atoms with Gasteiger partial charge < -0.3 is 9.47 Å². The number of rotatable bonds is 9. The highest BCUT2D eigenvalue weighted by Crippen LogP contribution is 2.42. The van der Waals surface area contributed by atoms with Crippen LogP contribution in [0.15, 0.2) is 58.1 Å². The monoisotopic (exact) mass is 596 g/mol. The van der Waals surface area contributed by atoms with Crippen molar-refractivity contribution in [3.8, 4) is 17.2 Å². The van der Waals surface area contributed by atoms with E-state index in [1.807, 2.05) is 0 Å². The molecule has 14 heteroatoms. The Morgan fingerprint density at radius 2 is 1.81 bits per heavy atom. The molecule has 0 bridgehead atoms. The minimum Gasteiger partial charge on any atom is -0.490 e. The van der Waals surface area contributed by atoms with Crippen molar-refractivity contribution in [2.24, 2.45) is 5.10 Å². The number of benzene rings is 3. The summed E-state index contributed by atoms with van der Waals surface area (Å²) in [6.45, 7) is 1.96. The average Bonchev–Trinajstić information content (AvgIpc) is 2.83. The minimum atomic E-state index is -0.784. The number of hydrogen-bond donors (Lipinski definition) is 1. The van der Waals surface area contributed by atoms with Crippen molar-refractivity contribution < 1.29 is 24.1 Å². The topological polar surface area (TPSA) is 146 Å². The molecule has 0 aromatic heterocycles. The number of nitrogens with one attached hydrogen (secondary N) is 1. The molecule has 11 nitrogen and oxygen atoms in total. The van der Waals surface area contributed by atoms with Crippen LogP contribution in [0.25, 0.3) is 0 Å². The number of hydrazone groups is 1. The third-order valence-corrected chi connectivity index (χ3v) is 5.78. The maximum atomic E-state index is 12.3. The fraction of sp³-hybridized carbons (Fsp3) is 0.0909. The molecule has 3 aromatic rings. The van der Waals surface area contributed by atoms with Crippen LogP contribution in [0.2, 0.25) is 10.0 Å². The van der Waals surface area contributed by atoms with Crippen molar-refractivity contribution in [1.29, 1.82) is 0 Å². The highest BCUT2D eigenvalue weighted by atomic mass is 79.9. The van der Waals surface area contributed by atoms with Gasteiger partial charge in [0.05, 0.1) is 43.3 Å². The summed E-state index contributed by atoms with van der Waals surface area (Å²) >= 11 is 15.1. The molecule has 0 saturated heterocycles. The van der Waals surface area contributed by atoms with Crippen molar-refractivity contribution in [2.75, 3.05) is 6.61 Å². The number of amides is 1. The van der Waals surface area contributed by atoms with Crippen LogP contribution >= 0.6 is 39.1 Å². The first-order valence-corrected chi connectivity index (χ1v) is 11.5. The van der Waals surface area contributed by atoms with Crippen molar-refractivity contribution in [2.45, 2.75) is 6.92 Å². The van der Waals surface area contributed by atoms with Crippen LogP contribution in [0.4, 0.5) is 11.4 Å². The van der Waals surface area contributed by atoms with Gasteiger partial charge in [-0.2, -0.15) is 5.10 Å². The fourth-order valence-electron chi connectivity index (χ4n) is 2.85. The third-order valence-electron chi connectivity index (χ3n) is 4.46. The molecule has 0 aliphatic rings. The Morgan fingerprint density at radius 3 is 2.44 bits per heavy atom. The van der Waals surface area contributed by atoms with Gasteiger partial charge in [0.1, 0.15) is 0 Å². The van der Waals surface area contributed by atoms with Gasteiger partial charge >= 0.3 is 5.69 Å². The quantitative estimate of drug-likeness (QED) is 0.168. The molecule has 1 amide bonds. The lowest BCUT2D eigenvalue weighted by Gasteiger charge is -2.14. The van der Waals surface area contributed by atoms with Crippen molar-refractivity contribution >= 4 is 62.6 Å². The van der Waals surface area contributed by atoms with E-state index >= 15 is 0 Å². The molecule has 0 aliphatic heterocycles. The van der Waals surface area contributed by atoms with Gasteiger partial charge in [-0.05, 0) is 64.8 Å². The summed E-state index contributed by atoms with van der Waals surface area (Å²) in [5.74, 6) is -0.426. The number of nitro groups is 2. The predicted molar refractivity (Wildman–Crippen MR) is 137 cm³/mol. The Labute approximate surface area is 222 Å². The van der Waals surface area contributed by atoms with E-state index in [0.29, 0.717) is 15.1 Å². The van der Waals surface area contributed by atoms with Crippen molar-refractivity contribution in [3.63, 3.8) is 0 Å². The van der Waals surface area contributed by atoms with E-state index < -0.39 is 27.1 Å². The zero-order valence-corrected chi connectivity index (χ0v) is 21.3. The lowest BCUT2D eigenvalue weighted by molar-refractivity contribution is -0.394. The highest BCUT2D eigenvalue weighted by Gasteiger charge is 2.23. The number of hydrogen-bond acceptors (Lipinski definition) is 8. The van der Waals surface area contributed by atoms with Crippen LogP contribution in [0.5, 0.6) is 17.2 Å². The molecule has 0 spiro atoms. The van der Waals surface area contributed by atoms with Crippen LogP contribution < -0.4 is 14.9 Å². The number of carbonyl (C=O) groups excluding carboxylic acids is 1. The molecular formula is C22H15BrCl2N4O7. The minimum absolute atomic E-state index is 0.103. The Balaban J connectivity index is 1.86. The summed E-state index contributed by atoms with van der Waals surface area (Å²) in [5.41, 5.74) is 2.07. The molecule has 0 atom stereocenters. The maximum absolute atomic E-state index is 12.3. The van der Waals surface area contributed by atoms with E-state index in [1.165, 1.54) is 30.5 Å². The number of halogens is 3. The van der Waals surface area contributed by atoms with Crippen molar-refractivity contribution in [1.82, 2.24) is 5.43 Å². The largest absolute Gasteiger partial charge is 0.490 e. The van der Waals surface area contributed by atoms with Crippen LogP contribution in [-0.2, 0) is 0 Å². The van der Waals surface area contributed by atoms with E-state index in [0.717, 1.165) is 18.2 Å². The second kappa shape index (κ2) is 11.8. The summed E-state index contributed by atoms with van der Waals surface area (Å²) in [7, 11) is 0. The summed E-state index contributed by atoms with van der Waals surface area (Å²) in [4.78, 5) is 33.2. The lowest BCUT2D eigenvalue weighted by atomic mass is 10.2. The van der Waals surface area contributed by atoms with Gasteiger partial charge in [0.2, 0.25) is 5.75 Å². The van der Waals surface area contributed by atoms with Crippen LogP contribution in [0.1, 0.15) is 22.8 Å². The van der Waals surface area contributed by atoms with Crippen molar-refractivity contribution in [3.05, 3.63) is 94.4 Å². The molecule has 0 saturated carbocycles. The molecule has 3 rings (SSSR count). The summed E-state index contributed by atoms with van der Waals surface area (Å²) in [6.07, 6.45) is 1.35. The number of non-ortho nitro benzene ring substituents is 1. The van der Waals surface area contributed by atoms with Gasteiger partial charge in [-0.15, -0.1) is 0 Å². The van der Waals surface area contributed by atoms with Gasteiger partial charge in [0, 0.05) is 11.6 Å². The molecule has 0 radical (unpaired) electrons. The van der Waals surface area contributed by atoms with Crippen LogP contribution in [0, 0.1) is 20.2 Å². The van der Waals surface area contributed by atoms with E-state index in [1.54, 1.807) is 13.0 Å². The predicted octanol–water partition coefficient (Wildman–Crippen LogP) is 6.53. The van der Waals surface area contributed by atoms with E-state index in [-0.39, 0.29) is 34.4 Å². The Kier molecular flexibility index (Phi) is 8.80. The first kappa shape index (κ1) is 26.9. The molecular weight excluding hydrogens is 583 g/mol. The van der Waals surface area contributed by atoms with Gasteiger partial charge in [-0.25, -0.2) is 5.43 Å². The van der Waals surface area contributed by atoms with Gasteiger partial charge in [0.15, 0.2) is 11.5 Å². The lowest BCUT2D eigenvalue weighted by Crippen LogP contribution is -2.17. The van der Waals surface area contributed by atoms with Gasteiger partial charge in [-0.3, -0.25) is 25.0 Å². The Morgan fingerprint density at radius 1 is 1.06 bits per heavy atom. The van der Waals surface area contributed by atoms with Gasteiger partial charge in [0.25, 0.3) is 11.6 Å². The van der Waals surface area contributed by atoms with Crippen LogP contribution in [0.3, 0.4) is 0 Å². The number of nitro benzene ring substituents is 2. The first-order valence-electron chi connectivity index (χ1n) is 9.96. The maximum Gasteiger partial charge on any atom is 0.318 e. The number of ether oxygens (including phenoxy) is 2. The van der Waals surface area contributed by atoms with E-state index in [9.17, 15) is 25.0 Å². The molecule has 3 aromatic carbocycles. The first-order chi connectivity index (χ1) is 17.1. The molecule has 0 heterocycles. The summed E-state index contributed by atoms with van der Waals surface area (Å²) in [5, 5.41) is 26.9. The van der Waals surface area contributed by atoms with Gasteiger partial charge in [-0.1, -0.05) is 23.2 Å². The van der Waals surface area contributed by atoms with Crippen LogP contribution in [-0.4, -0.2) is 28.6 Å². The fourth-order valence-corrected chi connectivity index (χ4v) is 3.69. The number of nitrogens with zero attached hydrogens (tertiary/aromatic N) is 3. The zero-order chi connectivity index (χ0) is 26.4. The SMILES string of the molecule is CCOc1cc(/C=N\NC(=O)c2ccc(Cl)c(Cl)c2)cc(Br)c1Oc1ccc([N+](=O)[O-])cc1[N+](=O)[O-].